The Bertz CT molecular complexity index is 744. The Hall–Kier alpha value is -2.28. The number of allylic oxidation sites excluding steroid dienone is 2. The van der Waals surface area contributed by atoms with Crippen molar-refractivity contribution in [3.8, 4) is 0 Å². The number of likely N-dealkylation sites (tertiary alicyclic amines) is 1. The number of hydrogen-bond donors (Lipinski definition) is 0. The van der Waals surface area contributed by atoms with Crippen molar-refractivity contribution in [2.75, 3.05) is 44.2 Å². The molecule has 2 aliphatic heterocycles. The summed E-state index contributed by atoms with van der Waals surface area (Å²) < 4.78 is 0. The molecule has 2 bridgehead atoms. The van der Waals surface area contributed by atoms with Crippen LogP contribution in [0, 0.1) is 23.7 Å². The van der Waals surface area contributed by atoms with Crippen molar-refractivity contribution in [1.82, 2.24) is 19.8 Å². The number of carbonyl (C=O) groups is 2. The molecule has 0 N–H and O–H groups in total. The van der Waals surface area contributed by atoms with Gasteiger partial charge >= 0.3 is 0 Å². The van der Waals surface area contributed by atoms with E-state index in [1.54, 1.807) is 17.3 Å². The lowest BCUT2D eigenvalue weighted by atomic mass is 9.85. The third-order valence-corrected chi connectivity index (χ3v) is 6.87. The second-order valence-electron chi connectivity index (χ2n) is 8.41. The van der Waals surface area contributed by atoms with E-state index in [0.29, 0.717) is 18.4 Å². The summed E-state index contributed by atoms with van der Waals surface area (Å²) >= 11 is 0. The Kier molecular flexibility index (Phi) is 4.62. The maximum absolute atomic E-state index is 12.7. The predicted molar refractivity (Wildman–Crippen MR) is 104 cm³/mol. The van der Waals surface area contributed by atoms with Crippen LogP contribution in [-0.2, 0) is 9.59 Å². The first-order valence-corrected chi connectivity index (χ1v) is 10.5. The monoisotopic (exact) mass is 381 g/mol. The summed E-state index contributed by atoms with van der Waals surface area (Å²) in [5.74, 6) is 1.48. The molecule has 2 aliphatic carbocycles. The first-order chi connectivity index (χ1) is 13.7. The molecule has 7 heteroatoms. The maximum atomic E-state index is 12.7. The van der Waals surface area contributed by atoms with Crippen molar-refractivity contribution in [3.63, 3.8) is 0 Å². The van der Waals surface area contributed by atoms with Gasteiger partial charge in [0.25, 0.3) is 0 Å². The molecule has 1 saturated carbocycles. The van der Waals surface area contributed by atoms with Crippen molar-refractivity contribution in [1.29, 1.82) is 0 Å². The van der Waals surface area contributed by atoms with Crippen molar-refractivity contribution < 1.29 is 9.59 Å². The van der Waals surface area contributed by atoms with Crippen molar-refractivity contribution in [2.24, 2.45) is 23.7 Å². The van der Waals surface area contributed by atoms with Gasteiger partial charge in [0.2, 0.25) is 17.8 Å². The highest BCUT2D eigenvalue weighted by Crippen LogP contribution is 2.52. The molecule has 3 fully saturated rings. The molecule has 7 nitrogen and oxygen atoms in total. The SMILES string of the molecule is O=C1[C@@H]2[C@H](C(=O)N1CCCCN1CCN(c3ncccn3)CC1)[C@H]1C=C[C@@H]2C1. The molecule has 0 unspecified atom stereocenters. The number of aromatic nitrogens is 2. The zero-order valence-corrected chi connectivity index (χ0v) is 16.1. The van der Waals surface area contributed by atoms with Gasteiger partial charge in [0, 0.05) is 45.1 Å². The Morgan fingerprint density at radius 3 is 2.11 bits per heavy atom. The molecule has 0 radical (unpaired) electrons. The standard InChI is InChI=1S/C21H27N5O2/c27-19-17-15-4-5-16(14-15)18(17)20(28)26(19)9-2-1-8-24-10-12-25(13-11-24)21-22-6-3-7-23-21/h3-7,15-18H,1-2,8-14H2/t15-,16+,17+,18-. The van der Waals surface area contributed by atoms with Crippen LogP contribution in [0.3, 0.4) is 0 Å². The predicted octanol–water partition coefficient (Wildman–Crippen LogP) is 1.19. The number of anilines is 1. The third-order valence-electron chi connectivity index (χ3n) is 6.87. The largest absolute Gasteiger partial charge is 0.338 e. The lowest BCUT2D eigenvalue weighted by Crippen LogP contribution is -2.47. The second-order valence-corrected chi connectivity index (χ2v) is 8.41. The van der Waals surface area contributed by atoms with Gasteiger partial charge in [-0.1, -0.05) is 12.2 Å². The van der Waals surface area contributed by atoms with Gasteiger partial charge in [0.15, 0.2) is 0 Å². The van der Waals surface area contributed by atoms with Crippen LogP contribution in [0.1, 0.15) is 19.3 Å². The summed E-state index contributed by atoms with van der Waals surface area (Å²) in [4.78, 5) is 40.3. The molecule has 2 saturated heterocycles. The van der Waals surface area contributed by atoms with Gasteiger partial charge < -0.3 is 4.90 Å². The summed E-state index contributed by atoms with van der Waals surface area (Å²) in [5.41, 5.74) is 0. The van der Waals surface area contributed by atoms with Crippen molar-refractivity contribution >= 4 is 17.8 Å². The lowest BCUT2D eigenvalue weighted by molar-refractivity contribution is -0.140. The van der Waals surface area contributed by atoms with E-state index in [1.807, 2.05) is 6.07 Å². The van der Waals surface area contributed by atoms with Gasteiger partial charge in [-0.25, -0.2) is 9.97 Å². The first-order valence-electron chi connectivity index (χ1n) is 10.5. The highest BCUT2D eigenvalue weighted by Gasteiger charge is 2.58. The minimum Gasteiger partial charge on any atom is -0.338 e. The molecular weight excluding hydrogens is 354 g/mol. The van der Waals surface area contributed by atoms with Gasteiger partial charge in [-0.15, -0.1) is 0 Å². The van der Waals surface area contributed by atoms with Crippen molar-refractivity contribution in [3.05, 3.63) is 30.6 Å². The number of amides is 2. The first kappa shape index (κ1) is 17.8. The molecule has 5 rings (SSSR count). The minimum atomic E-state index is -0.0595. The van der Waals surface area contributed by atoms with Crippen LogP contribution in [-0.4, -0.2) is 70.9 Å². The average molecular weight is 381 g/mol. The number of piperazine rings is 1. The van der Waals surface area contributed by atoms with Gasteiger partial charge in [0.05, 0.1) is 11.8 Å². The van der Waals surface area contributed by atoms with E-state index in [0.717, 1.165) is 57.9 Å². The number of fused-ring (bicyclic) bond motifs is 5. The van der Waals surface area contributed by atoms with E-state index in [4.69, 9.17) is 0 Å². The fourth-order valence-electron chi connectivity index (χ4n) is 5.42. The normalized spacial score (nSPS) is 31.9. The Labute approximate surface area is 165 Å². The molecule has 148 valence electrons. The molecule has 4 aliphatic rings. The van der Waals surface area contributed by atoms with Gasteiger partial charge in [-0.05, 0) is 43.7 Å². The van der Waals surface area contributed by atoms with Crippen LogP contribution in [0.2, 0.25) is 0 Å². The van der Waals surface area contributed by atoms with Crippen molar-refractivity contribution in [2.45, 2.75) is 19.3 Å². The third kappa shape index (κ3) is 3.02. The Morgan fingerprint density at radius 2 is 1.46 bits per heavy atom. The van der Waals surface area contributed by atoms with Gasteiger partial charge in [-0.2, -0.15) is 0 Å². The molecule has 1 aromatic rings. The van der Waals surface area contributed by atoms with Crippen LogP contribution in [0.5, 0.6) is 0 Å². The fourth-order valence-corrected chi connectivity index (χ4v) is 5.42. The van der Waals surface area contributed by atoms with E-state index in [-0.39, 0.29) is 23.7 Å². The molecule has 4 atom stereocenters. The summed E-state index contributed by atoms with van der Waals surface area (Å²) in [6.07, 6.45) is 10.8. The minimum absolute atomic E-state index is 0.0595. The van der Waals surface area contributed by atoms with Crippen LogP contribution < -0.4 is 4.90 Å². The highest BCUT2D eigenvalue weighted by atomic mass is 16.2. The van der Waals surface area contributed by atoms with Crippen LogP contribution in [0.4, 0.5) is 5.95 Å². The summed E-state index contributed by atoms with van der Waals surface area (Å²) in [5, 5.41) is 0. The van der Waals surface area contributed by atoms with E-state index in [9.17, 15) is 9.59 Å². The Morgan fingerprint density at radius 1 is 0.857 bits per heavy atom. The lowest BCUT2D eigenvalue weighted by Gasteiger charge is -2.34. The summed E-state index contributed by atoms with van der Waals surface area (Å²) in [6, 6.07) is 1.84. The summed E-state index contributed by atoms with van der Waals surface area (Å²) in [7, 11) is 0. The zero-order chi connectivity index (χ0) is 19.1. The number of rotatable bonds is 6. The van der Waals surface area contributed by atoms with E-state index in [2.05, 4.69) is 31.9 Å². The quantitative estimate of drug-likeness (QED) is 0.419. The smallest absolute Gasteiger partial charge is 0.233 e. The van der Waals surface area contributed by atoms with E-state index < -0.39 is 0 Å². The van der Waals surface area contributed by atoms with Crippen LogP contribution in [0.15, 0.2) is 30.6 Å². The Balaban J connectivity index is 1.05. The molecule has 0 aromatic carbocycles. The fraction of sp³-hybridized carbons (Fsp3) is 0.619. The topological polar surface area (TPSA) is 69.6 Å². The molecular formula is C21H27N5O2. The zero-order valence-electron chi connectivity index (χ0n) is 16.1. The number of hydrogen-bond acceptors (Lipinski definition) is 6. The number of nitrogens with zero attached hydrogens (tertiary/aromatic N) is 5. The van der Waals surface area contributed by atoms with Crippen LogP contribution >= 0.6 is 0 Å². The molecule has 28 heavy (non-hydrogen) atoms. The van der Waals surface area contributed by atoms with E-state index in [1.165, 1.54) is 0 Å². The number of imide groups is 1. The van der Waals surface area contributed by atoms with Gasteiger partial charge in [0.1, 0.15) is 0 Å². The molecule has 1 aromatic heterocycles. The molecule has 2 amide bonds. The van der Waals surface area contributed by atoms with Crippen LogP contribution in [0.25, 0.3) is 0 Å². The summed E-state index contributed by atoms with van der Waals surface area (Å²) in [6.45, 7) is 5.47. The molecule has 3 heterocycles. The van der Waals surface area contributed by atoms with E-state index >= 15 is 0 Å². The number of carbonyl (C=O) groups excluding carboxylic acids is 2. The second kappa shape index (κ2) is 7.28. The maximum Gasteiger partial charge on any atom is 0.233 e. The molecule has 0 spiro atoms. The highest BCUT2D eigenvalue weighted by molar-refractivity contribution is 6.06. The van der Waals surface area contributed by atoms with Gasteiger partial charge in [-0.3, -0.25) is 19.4 Å². The number of unbranched alkanes of at least 4 members (excludes halogenated alkanes) is 1. The average Bonchev–Trinajstić information content (AvgIpc) is 3.41.